The summed E-state index contributed by atoms with van der Waals surface area (Å²) in [6, 6.07) is 17.2. The average molecular weight is 446 g/mol. The smallest absolute Gasteiger partial charge is 0.226 e. The van der Waals surface area contributed by atoms with Gasteiger partial charge in [-0.2, -0.15) is 0 Å². The summed E-state index contributed by atoms with van der Waals surface area (Å²) in [5.41, 5.74) is 3.60. The van der Waals surface area contributed by atoms with Gasteiger partial charge in [-0.3, -0.25) is 9.59 Å². The summed E-state index contributed by atoms with van der Waals surface area (Å²) in [7, 11) is 0. The van der Waals surface area contributed by atoms with Crippen molar-refractivity contribution in [1.29, 1.82) is 0 Å². The molecule has 0 saturated heterocycles. The lowest BCUT2D eigenvalue weighted by molar-refractivity contribution is -0.116. The van der Waals surface area contributed by atoms with Crippen LogP contribution in [0.25, 0.3) is 21.3 Å². The van der Waals surface area contributed by atoms with Crippen LogP contribution in [0, 0.1) is 6.92 Å². The number of benzene rings is 2. The zero-order chi connectivity index (χ0) is 22.5. The van der Waals surface area contributed by atoms with Crippen molar-refractivity contribution >= 4 is 50.6 Å². The van der Waals surface area contributed by atoms with Crippen molar-refractivity contribution in [2.75, 3.05) is 22.5 Å². The van der Waals surface area contributed by atoms with Crippen molar-refractivity contribution in [3.8, 4) is 11.1 Å². The minimum atomic E-state index is -0.136. The molecular weight excluding hydrogens is 422 g/mol. The van der Waals surface area contributed by atoms with Crippen LogP contribution in [0.15, 0.2) is 60.9 Å². The molecule has 0 fully saturated rings. The molecule has 0 saturated carbocycles. The second-order valence-corrected chi connectivity index (χ2v) is 8.49. The van der Waals surface area contributed by atoms with E-state index in [1.165, 1.54) is 11.8 Å². The molecule has 7 nitrogen and oxygen atoms in total. The highest BCUT2D eigenvalue weighted by molar-refractivity contribution is 7.19. The minimum absolute atomic E-state index is 0.111. The fourth-order valence-electron chi connectivity index (χ4n) is 3.49. The van der Waals surface area contributed by atoms with Gasteiger partial charge in [0.1, 0.15) is 17.0 Å². The first-order chi connectivity index (χ1) is 15.5. The number of aryl methyl sites for hydroxylation is 1. The van der Waals surface area contributed by atoms with Crippen molar-refractivity contribution in [3.63, 3.8) is 0 Å². The van der Waals surface area contributed by atoms with Crippen molar-refractivity contribution in [1.82, 2.24) is 9.97 Å². The van der Waals surface area contributed by atoms with Gasteiger partial charge in [0.15, 0.2) is 0 Å². The summed E-state index contributed by atoms with van der Waals surface area (Å²) in [6.45, 7) is 3.97. The highest BCUT2D eigenvalue weighted by atomic mass is 32.1. The summed E-state index contributed by atoms with van der Waals surface area (Å²) < 4.78 is 0. The highest BCUT2D eigenvalue weighted by Crippen LogP contribution is 2.40. The Kier molecular flexibility index (Phi) is 6.42. The summed E-state index contributed by atoms with van der Waals surface area (Å²) in [4.78, 5) is 34.4. The largest absolute Gasteiger partial charge is 0.369 e. The van der Waals surface area contributed by atoms with E-state index in [1.54, 1.807) is 41.9 Å². The van der Waals surface area contributed by atoms with Crippen molar-refractivity contribution in [2.24, 2.45) is 0 Å². The molecule has 2 aromatic heterocycles. The maximum Gasteiger partial charge on any atom is 0.226 e. The normalized spacial score (nSPS) is 10.7. The second-order valence-electron chi connectivity index (χ2n) is 7.29. The van der Waals surface area contributed by atoms with Crippen molar-refractivity contribution < 1.29 is 9.59 Å². The van der Waals surface area contributed by atoms with E-state index in [0.717, 1.165) is 27.2 Å². The second kappa shape index (κ2) is 9.57. The van der Waals surface area contributed by atoms with E-state index in [0.29, 0.717) is 17.9 Å². The maximum atomic E-state index is 12.4. The van der Waals surface area contributed by atoms with Crippen LogP contribution < -0.4 is 16.0 Å². The maximum absolute atomic E-state index is 12.4. The van der Waals surface area contributed by atoms with E-state index in [9.17, 15) is 9.59 Å². The van der Waals surface area contributed by atoms with Gasteiger partial charge in [-0.25, -0.2) is 9.97 Å². The quantitative estimate of drug-likeness (QED) is 0.369. The number of hydrogen-bond donors (Lipinski definition) is 3. The number of amides is 2. The summed E-state index contributed by atoms with van der Waals surface area (Å²) in [6.07, 6.45) is 1.83. The molecule has 4 rings (SSSR count). The Labute approximate surface area is 189 Å². The monoisotopic (exact) mass is 445 g/mol. The first kappa shape index (κ1) is 21.5. The summed E-state index contributed by atoms with van der Waals surface area (Å²) >= 11 is 1.64. The highest BCUT2D eigenvalue weighted by Gasteiger charge is 2.16. The molecule has 2 amide bonds. The predicted molar refractivity (Wildman–Crippen MR) is 130 cm³/mol. The molecule has 2 aromatic carbocycles. The molecule has 162 valence electrons. The van der Waals surface area contributed by atoms with Gasteiger partial charge in [0.2, 0.25) is 11.8 Å². The van der Waals surface area contributed by atoms with E-state index < -0.39 is 0 Å². The predicted octanol–water partition coefficient (Wildman–Crippen LogP) is 5.07. The Bertz CT molecular complexity index is 1250. The molecule has 32 heavy (non-hydrogen) atoms. The zero-order valence-corrected chi connectivity index (χ0v) is 18.6. The number of hydrogen-bond acceptors (Lipinski definition) is 6. The Morgan fingerprint density at radius 1 is 0.938 bits per heavy atom. The molecule has 4 aromatic rings. The number of aromatic nitrogens is 2. The first-order valence-electron chi connectivity index (χ1n) is 10.2. The van der Waals surface area contributed by atoms with Crippen LogP contribution in [0.1, 0.15) is 18.2 Å². The number of rotatable bonds is 7. The zero-order valence-electron chi connectivity index (χ0n) is 17.8. The van der Waals surface area contributed by atoms with Gasteiger partial charge in [0, 0.05) is 41.7 Å². The topological polar surface area (TPSA) is 96.0 Å². The molecular formula is C24H23N5O2S. The lowest BCUT2D eigenvalue weighted by Gasteiger charge is -2.10. The first-order valence-corrected chi connectivity index (χ1v) is 11.0. The lowest BCUT2D eigenvalue weighted by atomic mass is 10.0. The molecule has 0 spiro atoms. The van der Waals surface area contributed by atoms with Gasteiger partial charge in [-0.1, -0.05) is 30.3 Å². The molecule has 3 N–H and O–H groups in total. The number of nitrogens with zero attached hydrogens (tertiary/aromatic N) is 2. The SMILES string of the molecule is CC(=O)Nc1ccc(NC(=O)CCNc2ncnc3sc(C)c(-c4ccccc4)c23)cc1. The Morgan fingerprint density at radius 3 is 2.31 bits per heavy atom. The molecule has 2 heterocycles. The van der Waals surface area contributed by atoms with Gasteiger partial charge in [-0.15, -0.1) is 11.3 Å². The van der Waals surface area contributed by atoms with Crippen molar-refractivity contribution in [3.05, 3.63) is 65.8 Å². The summed E-state index contributed by atoms with van der Waals surface area (Å²) in [5, 5.41) is 9.85. The molecule has 0 radical (unpaired) electrons. The number of anilines is 3. The number of carbonyl (C=O) groups is 2. The average Bonchev–Trinajstić information content (AvgIpc) is 3.12. The van der Waals surface area contributed by atoms with Crippen LogP contribution in [0.5, 0.6) is 0 Å². The lowest BCUT2D eigenvalue weighted by Crippen LogP contribution is -2.16. The van der Waals surface area contributed by atoms with Crippen LogP contribution >= 0.6 is 11.3 Å². The van der Waals surface area contributed by atoms with Crippen LogP contribution in [-0.2, 0) is 9.59 Å². The van der Waals surface area contributed by atoms with E-state index in [4.69, 9.17) is 0 Å². The number of nitrogens with one attached hydrogen (secondary N) is 3. The third-order valence-corrected chi connectivity index (χ3v) is 5.87. The molecule has 0 unspecified atom stereocenters. The number of thiophene rings is 1. The Balaban J connectivity index is 1.42. The minimum Gasteiger partial charge on any atom is -0.369 e. The summed E-state index contributed by atoms with van der Waals surface area (Å²) in [5.74, 6) is 0.480. The molecule has 0 atom stereocenters. The van der Waals surface area contributed by atoms with Gasteiger partial charge >= 0.3 is 0 Å². The Hall–Kier alpha value is -3.78. The van der Waals surface area contributed by atoms with Gasteiger partial charge in [0.05, 0.1) is 5.39 Å². The van der Waals surface area contributed by atoms with E-state index in [2.05, 4.69) is 45.0 Å². The van der Waals surface area contributed by atoms with E-state index in [1.807, 2.05) is 18.2 Å². The van der Waals surface area contributed by atoms with E-state index >= 15 is 0 Å². The molecule has 0 bridgehead atoms. The van der Waals surface area contributed by atoms with Crippen LogP contribution in [0.4, 0.5) is 17.2 Å². The fourth-order valence-corrected chi connectivity index (χ4v) is 4.50. The van der Waals surface area contributed by atoms with Gasteiger partial charge in [-0.05, 0) is 36.8 Å². The third kappa shape index (κ3) is 4.92. The third-order valence-electron chi connectivity index (χ3n) is 4.86. The molecule has 0 aliphatic heterocycles. The van der Waals surface area contributed by atoms with Crippen molar-refractivity contribution in [2.45, 2.75) is 20.3 Å². The molecule has 0 aliphatic rings. The number of fused-ring (bicyclic) bond motifs is 1. The Morgan fingerprint density at radius 2 is 1.62 bits per heavy atom. The van der Waals surface area contributed by atoms with Crippen LogP contribution in [0.3, 0.4) is 0 Å². The van der Waals surface area contributed by atoms with Crippen LogP contribution in [0.2, 0.25) is 0 Å². The van der Waals surface area contributed by atoms with Gasteiger partial charge in [0.25, 0.3) is 0 Å². The molecule has 0 aliphatic carbocycles. The van der Waals surface area contributed by atoms with Gasteiger partial charge < -0.3 is 16.0 Å². The number of carbonyl (C=O) groups excluding carboxylic acids is 2. The fraction of sp³-hybridized carbons (Fsp3) is 0.167. The van der Waals surface area contributed by atoms with E-state index in [-0.39, 0.29) is 18.2 Å². The van der Waals surface area contributed by atoms with Crippen LogP contribution in [-0.4, -0.2) is 28.3 Å². The standard InChI is InChI=1S/C24H23N5O2S/c1-15-21(17-6-4-3-5-7-17)22-23(26-14-27-24(22)32-15)25-13-12-20(31)29-19-10-8-18(9-11-19)28-16(2)30/h3-11,14H,12-13H2,1-2H3,(H,28,30)(H,29,31)(H,25,26,27). The molecule has 8 heteroatoms.